The van der Waals surface area contributed by atoms with Crippen molar-refractivity contribution in [3.8, 4) is 17.1 Å². The number of ether oxygens (including phenoxy) is 1. The van der Waals surface area contributed by atoms with E-state index < -0.39 is 6.10 Å². The molecule has 178 valence electrons. The van der Waals surface area contributed by atoms with E-state index in [0.29, 0.717) is 30.7 Å². The van der Waals surface area contributed by atoms with E-state index >= 15 is 0 Å². The lowest BCUT2D eigenvalue weighted by atomic mass is 10.2. The molecule has 0 amide bonds. The second-order valence-corrected chi connectivity index (χ2v) is 8.76. The molecule has 10 nitrogen and oxygen atoms in total. The largest absolute Gasteiger partial charge is 0.491 e. The molecule has 4 aromatic rings. The zero-order chi connectivity index (χ0) is 23.7. The van der Waals surface area contributed by atoms with E-state index in [1.807, 2.05) is 53.8 Å². The summed E-state index contributed by atoms with van der Waals surface area (Å²) in [7, 11) is 3.74. The van der Waals surface area contributed by atoms with Crippen LogP contribution in [0.4, 0.5) is 5.82 Å². The summed E-state index contributed by atoms with van der Waals surface area (Å²) < 4.78 is 9.67. The number of fused-ring (bicyclic) bond motifs is 1. The molecule has 1 saturated carbocycles. The number of hydrogen-bond acceptors (Lipinski definition) is 8. The highest BCUT2D eigenvalue weighted by Crippen LogP contribution is 2.37. The third kappa shape index (κ3) is 4.73. The smallest absolute Gasteiger partial charge is 0.164 e. The van der Waals surface area contributed by atoms with Crippen LogP contribution in [0.15, 0.2) is 36.5 Å². The molecule has 3 N–H and O–H groups in total. The van der Waals surface area contributed by atoms with Crippen molar-refractivity contribution in [3.63, 3.8) is 0 Å². The maximum atomic E-state index is 9.95. The van der Waals surface area contributed by atoms with Gasteiger partial charge in [0.15, 0.2) is 11.5 Å². The van der Waals surface area contributed by atoms with Gasteiger partial charge < -0.3 is 20.5 Å². The van der Waals surface area contributed by atoms with Crippen LogP contribution in [0.5, 0.6) is 5.75 Å². The average molecular weight is 463 g/mol. The molecule has 1 unspecified atom stereocenters. The van der Waals surface area contributed by atoms with Crippen LogP contribution in [-0.2, 0) is 13.6 Å². The van der Waals surface area contributed by atoms with Crippen LogP contribution < -0.4 is 15.4 Å². The van der Waals surface area contributed by atoms with Crippen LogP contribution in [0.25, 0.3) is 22.4 Å². The summed E-state index contributed by atoms with van der Waals surface area (Å²) in [6, 6.07) is 10.1. The quantitative estimate of drug-likeness (QED) is 0.329. The van der Waals surface area contributed by atoms with Gasteiger partial charge in [0.05, 0.1) is 35.6 Å². The number of aliphatic hydroxyl groups excluding tert-OH is 1. The molecule has 10 heteroatoms. The van der Waals surface area contributed by atoms with Crippen molar-refractivity contribution in [1.29, 1.82) is 0 Å². The summed E-state index contributed by atoms with van der Waals surface area (Å²) in [4.78, 5) is 9.75. The molecule has 3 heterocycles. The van der Waals surface area contributed by atoms with Crippen molar-refractivity contribution in [1.82, 2.24) is 34.8 Å². The Kier molecular flexibility index (Phi) is 6.16. The van der Waals surface area contributed by atoms with E-state index in [9.17, 15) is 5.11 Å². The minimum Gasteiger partial charge on any atom is -0.491 e. The summed E-state index contributed by atoms with van der Waals surface area (Å²) in [6.45, 7) is 3.24. The minimum absolute atomic E-state index is 0.204. The van der Waals surface area contributed by atoms with E-state index in [0.717, 1.165) is 46.6 Å². The Morgan fingerprint density at radius 2 is 2.09 bits per heavy atom. The number of nitrogens with zero attached hydrogens (tertiary/aromatic N) is 6. The van der Waals surface area contributed by atoms with Crippen LogP contribution in [-0.4, -0.2) is 60.9 Å². The maximum absolute atomic E-state index is 9.95. The molecule has 3 aromatic heterocycles. The van der Waals surface area contributed by atoms with Gasteiger partial charge in [0.2, 0.25) is 0 Å². The first kappa shape index (κ1) is 22.3. The fourth-order valence-corrected chi connectivity index (χ4v) is 3.99. The molecule has 1 aliphatic carbocycles. The molecule has 0 radical (unpaired) electrons. The number of benzene rings is 1. The Morgan fingerprint density at radius 3 is 2.82 bits per heavy atom. The third-order valence-corrected chi connectivity index (χ3v) is 5.86. The van der Waals surface area contributed by atoms with Gasteiger partial charge in [-0.3, -0.25) is 4.68 Å². The number of anilines is 1. The molecule has 1 aromatic carbocycles. The highest BCUT2D eigenvalue weighted by atomic mass is 16.5. The van der Waals surface area contributed by atoms with Gasteiger partial charge in [-0.25, -0.2) is 14.6 Å². The van der Waals surface area contributed by atoms with Gasteiger partial charge in [-0.05, 0) is 45.0 Å². The van der Waals surface area contributed by atoms with Crippen LogP contribution in [0.1, 0.15) is 30.3 Å². The van der Waals surface area contributed by atoms with E-state index in [2.05, 4.69) is 26.9 Å². The maximum Gasteiger partial charge on any atom is 0.164 e. The lowest BCUT2D eigenvalue weighted by Gasteiger charge is -2.13. The zero-order valence-electron chi connectivity index (χ0n) is 19.7. The van der Waals surface area contributed by atoms with Gasteiger partial charge in [0.25, 0.3) is 0 Å². The summed E-state index contributed by atoms with van der Waals surface area (Å²) in [5.41, 5.74) is 3.71. The topological polar surface area (TPSA) is 115 Å². The van der Waals surface area contributed by atoms with Gasteiger partial charge in [-0.2, -0.15) is 10.2 Å². The Bertz CT molecular complexity index is 1290. The Hall–Kier alpha value is -3.50. The molecular weight excluding hydrogens is 432 g/mol. The molecule has 5 rings (SSSR count). The number of hydrogen-bond donors (Lipinski definition) is 3. The number of nitrogens with one attached hydrogen (secondary N) is 2. The lowest BCUT2D eigenvalue weighted by molar-refractivity contribution is 0.108. The number of aryl methyl sites for hydroxylation is 2. The van der Waals surface area contributed by atoms with Crippen molar-refractivity contribution >= 4 is 16.9 Å². The lowest BCUT2D eigenvalue weighted by Crippen LogP contribution is -2.29. The second kappa shape index (κ2) is 9.40. The van der Waals surface area contributed by atoms with Gasteiger partial charge in [0, 0.05) is 19.2 Å². The number of likely N-dealkylation sites (N-methyl/N-ethyl adjacent to an activating group) is 1. The Morgan fingerprint density at radius 1 is 1.24 bits per heavy atom. The molecule has 1 atom stereocenters. The van der Waals surface area contributed by atoms with Crippen molar-refractivity contribution in [2.75, 3.05) is 25.5 Å². The highest BCUT2D eigenvalue weighted by Gasteiger charge is 2.28. The second-order valence-electron chi connectivity index (χ2n) is 8.76. The SMILES string of the molecule is CNCC(O)COc1cccc(-c2nc(NCc3cc(C)nn3C)c3cnn(C4CC4)c3n2)c1. The summed E-state index contributed by atoms with van der Waals surface area (Å²) >= 11 is 0. The standard InChI is InChI=1S/C24H30N8O2/c1-15-9-18(31(3)30-15)11-26-23-21-13-27-32(17-7-8-17)24(21)29-22(28-23)16-5-4-6-20(10-16)34-14-19(33)12-25-2/h4-6,9-10,13,17,19,25,33H,7-8,11-12,14H2,1-3H3,(H,26,28,29). The van der Waals surface area contributed by atoms with Crippen molar-refractivity contribution in [2.24, 2.45) is 7.05 Å². The van der Waals surface area contributed by atoms with Crippen LogP contribution in [0, 0.1) is 6.92 Å². The minimum atomic E-state index is -0.583. The first-order chi connectivity index (χ1) is 16.5. The van der Waals surface area contributed by atoms with Gasteiger partial charge in [-0.15, -0.1) is 0 Å². The molecule has 1 fully saturated rings. The summed E-state index contributed by atoms with van der Waals surface area (Å²) in [5.74, 6) is 1.99. The molecule has 0 saturated heterocycles. The van der Waals surface area contributed by atoms with Crippen molar-refractivity contribution in [2.45, 2.75) is 38.5 Å². The molecule has 0 spiro atoms. The number of rotatable bonds is 10. The molecule has 0 bridgehead atoms. The Labute approximate surface area is 198 Å². The molecule has 1 aliphatic rings. The summed E-state index contributed by atoms with van der Waals surface area (Å²) in [5, 5.41) is 26.3. The highest BCUT2D eigenvalue weighted by molar-refractivity contribution is 5.88. The van der Waals surface area contributed by atoms with Gasteiger partial charge in [-0.1, -0.05) is 12.1 Å². The predicted molar refractivity (Wildman–Crippen MR) is 130 cm³/mol. The fourth-order valence-electron chi connectivity index (χ4n) is 3.99. The molecular formula is C24H30N8O2. The third-order valence-electron chi connectivity index (χ3n) is 5.86. The fraction of sp³-hybridized carbons (Fsp3) is 0.417. The normalized spacial score (nSPS) is 14.5. The van der Waals surface area contributed by atoms with E-state index in [4.69, 9.17) is 14.7 Å². The van der Waals surface area contributed by atoms with Crippen LogP contribution in [0.3, 0.4) is 0 Å². The van der Waals surface area contributed by atoms with E-state index in [1.165, 1.54) is 0 Å². The van der Waals surface area contributed by atoms with Crippen LogP contribution >= 0.6 is 0 Å². The van der Waals surface area contributed by atoms with Crippen molar-refractivity contribution in [3.05, 3.63) is 47.9 Å². The number of aliphatic hydroxyl groups is 1. The first-order valence-electron chi connectivity index (χ1n) is 11.6. The van der Waals surface area contributed by atoms with Crippen LogP contribution in [0.2, 0.25) is 0 Å². The number of aromatic nitrogens is 6. The van der Waals surface area contributed by atoms with E-state index in [1.54, 1.807) is 7.05 Å². The zero-order valence-corrected chi connectivity index (χ0v) is 19.7. The van der Waals surface area contributed by atoms with Crippen molar-refractivity contribution < 1.29 is 9.84 Å². The van der Waals surface area contributed by atoms with E-state index in [-0.39, 0.29) is 6.61 Å². The summed E-state index contributed by atoms with van der Waals surface area (Å²) in [6.07, 6.45) is 3.49. The monoisotopic (exact) mass is 462 g/mol. The van der Waals surface area contributed by atoms with Gasteiger partial charge >= 0.3 is 0 Å². The Balaban J connectivity index is 1.47. The molecule has 0 aliphatic heterocycles. The van der Waals surface area contributed by atoms with Gasteiger partial charge in [0.1, 0.15) is 24.3 Å². The first-order valence-corrected chi connectivity index (χ1v) is 11.6. The predicted octanol–water partition coefficient (Wildman–Crippen LogP) is 2.44. The average Bonchev–Trinajstić information content (AvgIpc) is 3.49. The molecule has 34 heavy (non-hydrogen) atoms.